The summed E-state index contributed by atoms with van der Waals surface area (Å²) in [7, 11) is 1.30. The number of aromatic nitrogens is 2. The van der Waals surface area contributed by atoms with Crippen LogP contribution in [0.3, 0.4) is 0 Å². The van der Waals surface area contributed by atoms with E-state index in [0.717, 1.165) is 4.88 Å². The highest BCUT2D eigenvalue weighted by atomic mass is 32.1. The van der Waals surface area contributed by atoms with Gasteiger partial charge in [-0.2, -0.15) is 4.98 Å². The molecule has 0 saturated carbocycles. The van der Waals surface area contributed by atoms with E-state index < -0.39 is 12.0 Å². The van der Waals surface area contributed by atoms with Gasteiger partial charge >= 0.3 is 5.97 Å². The Morgan fingerprint density at radius 1 is 1.43 bits per heavy atom. The molecule has 23 heavy (non-hydrogen) atoms. The van der Waals surface area contributed by atoms with Gasteiger partial charge in [-0.3, -0.25) is 4.79 Å². The van der Waals surface area contributed by atoms with Gasteiger partial charge in [0.15, 0.2) is 0 Å². The van der Waals surface area contributed by atoms with Gasteiger partial charge in [-0.05, 0) is 17.4 Å². The Kier molecular flexibility index (Phi) is 5.86. The third-order valence-corrected chi connectivity index (χ3v) is 4.08. The van der Waals surface area contributed by atoms with E-state index in [-0.39, 0.29) is 18.2 Å². The molecule has 0 aliphatic rings. The summed E-state index contributed by atoms with van der Waals surface area (Å²) in [5.74, 6) is 0.143. The lowest BCUT2D eigenvalue weighted by atomic mass is 10.0. The minimum absolute atomic E-state index is 0.0553. The molecule has 0 aliphatic carbocycles. The molecule has 1 N–H and O–H groups in total. The van der Waals surface area contributed by atoms with Gasteiger partial charge < -0.3 is 14.6 Å². The molecule has 2 aromatic rings. The lowest BCUT2D eigenvalue weighted by molar-refractivity contribution is -0.146. The molecule has 2 heterocycles. The van der Waals surface area contributed by atoms with E-state index in [1.807, 2.05) is 31.4 Å². The first-order chi connectivity index (χ1) is 11.0. The van der Waals surface area contributed by atoms with E-state index in [1.54, 1.807) is 0 Å². The summed E-state index contributed by atoms with van der Waals surface area (Å²) in [5, 5.41) is 8.48. The van der Waals surface area contributed by atoms with E-state index in [2.05, 4.69) is 20.2 Å². The number of esters is 1. The van der Waals surface area contributed by atoms with Gasteiger partial charge in [0.25, 0.3) is 0 Å². The maximum atomic E-state index is 12.0. The van der Waals surface area contributed by atoms with Gasteiger partial charge in [0.1, 0.15) is 6.04 Å². The van der Waals surface area contributed by atoms with E-state index in [9.17, 15) is 9.59 Å². The highest BCUT2D eigenvalue weighted by Crippen LogP contribution is 2.21. The van der Waals surface area contributed by atoms with Crippen LogP contribution in [-0.4, -0.2) is 35.2 Å². The smallest absolute Gasteiger partial charge is 0.328 e. The largest absolute Gasteiger partial charge is 0.467 e. The van der Waals surface area contributed by atoms with Crippen LogP contribution in [-0.2, 0) is 20.7 Å². The van der Waals surface area contributed by atoms with Crippen molar-refractivity contribution in [1.82, 2.24) is 15.5 Å². The van der Waals surface area contributed by atoms with Crippen LogP contribution in [0.15, 0.2) is 22.0 Å². The van der Waals surface area contributed by atoms with Crippen molar-refractivity contribution in [3.63, 3.8) is 0 Å². The number of aryl methyl sites for hydroxylation is 1. The second kappa shape index (κ2) is 7.87. The maximum Gasteiger partial charge on any atom is 0.328 e. The molecule has 124 valence electrons. The minimum Gasteiger partial charge on any atom is -0.467 e. The summed E-state index contributed by atoms with van der Waals surface area (Å²) < 4.78 is 9.82. The number of carbonyl (C=O) groups excluding carboxylic acids is 2. The summed E-state index contributed by atoms with van der Waals surface area (Å²) in [5.41, 5.74) is 0. The third-order valence-electron chi connectivity index (χ3n) is 3.21. The molecule has 0 aromatic carbocycles. The Hall–Kier alpha value is -2.22. The first kappa shape index (κ1) is 17.1. The van der Waals surface area contributed by atoms with Crippen molar-refractivity contribution in [2.75, 3.05) is 7.11 Å². The van der Waals surface area contributed by atoms with Gasteiger partial charge in [0.2, 0.25) is 17.6 Å². The second-order valence-corrected chi connectivity index (χ2v) is 6.25. The molecule has 2 aromatic heterocycles. The van der Waals surface area contributed by atoms with Crippen LogP contribution in [0.1, 0.15) is 26.2 Å². The van der Waals surface area contributed by atoms with Gasteiger partial charge in [-0.1, -0.05) is 25.1 Å². The molecule has 0 unspecified atom stereocenters. The topological polar surface area (TPSA) is 94.3 Å². The number of ether oxygens (including phenoxy) is 1. The first-order valence-corrected chi connectivity index (χ1v) is 8.13. The Balaban J connectivity index is 1.88. The van der Waals surface area contributed by atoms with Crippen molar-refractivity contribution < 1.29 is 18.8 Å². The molecule has 0 saturated heterocycles. The number of methoxy groups -OCH3 is 1. The number of hydrogen-bond acceptors (Lipinski definition) is 7. The second-order valence-electron chi connectivity index (χ2n) is 5.30. The number of nitrogens with zero attached hydrogens (tertiary/aromatic N) is 2. The molecular weight excluding hydrogens is 318 g/mol. The molecule has 7 nitrogen and oxygen atoms in total. The van der Waals surface area contributed by atoms with Crippen molar-refractivity contribution in [3.8, 4) is 10.7 Å². The van der Waals surface area contributed by atoms with Crippen molar-refractivity contribution in [1.29, 1.82) is 0 Å². The first-order valence-electron chi connectivity index (χ1n) is 7.25. The predicted molar refractivity (Wildman–Crippen MR) is 84.7 cm³/mol. The van der Waals surface area contributed by atoms with Crippen LogP contribution < -0.4 is 5.32 Å². The average molecular weight is 337 g/mol. The SMILES string of the molecule is COC(=O)[C@@H](NC(=O)CCc1nc(-c2cccs2)no1)C(C)C. The van der Waals surface area contributed by atoms with Gasteiger partial charge in [-0.25, -0.2) is 4.79 Å². The molecule has 0 radical (unpaired) electrons. The van der Waals surface area contributed by atoms with Crippen molar-refractivity contribution in [2.45, 2.75) is 32.7 Å². The quantitative estimate of drug-likeness (QED) is 0.777. The predicted octanol–water partition coefficient (Wildman–Crippen LogP) is 2.04. The van der Waals surface area contributed by atoms with Crippen LogP contribution in [0, 0.1) is 5.92 Å². The molecule has 1 amide bonds. The molecule has 0 bridgehead atoms. The lowest BCUT2D eigenvalue weighted by Crippen LogP contribution is -2.45. The highest BCUT2D eigenvalue weighted by Gasteiger charge is 2.24. The number of nitrogens with one attached hydrogen (secondary N) is 1. The van der Waals surface area contributed by atoms with E-state index in [4.69, 9.17) is 4.52 Å². The van der Waals surface area contributed by atoms with Gasteiger partial charge in [-0.15, -0.1) is 11.3 Å². The van der Waals surface area contributed by atoms with Gasteiger partial charge in [0.05, 0.1) is 12.0 Å². The summed E-state index contributed by atoms with van der Waals surface area (Å²) in [6.07, 6.45) is 0.475. The summed E-state index contributed by atoms with van der Waals surface area (Å²) in [6, 6.07) is 3.15. The molecule has 0 spiro atoms. The van der Waals surface area contributed by atoms with Crippen LogP contribution in [0.2, 0.25) is 0 Å². The van der Waals surface area contributed by atoms with E-state index in [0.29, 0.717) is 18.1 Å². The standard InChI is InChI=1S/C15H19N3O4S/c1-9(2)13(15(20)21-3)16-11(19)6-7-12-17-14(18-22-12)10-5-4-8-23-10/h4-5,8-9,13H,6-7H2,1-3H3,(H,16,19)/t13-/m0/s1. The van der Waals surface area contributed by atoms with Crippen molar-refractivity contribution >= 4 is 23.2 Å². The maximum absolute atomic E-state index is 12.0. The van der Waals surface area contributed by atoms with Crippen LogP contribution >= 0.6 is 11.3 Å². The minimum atomic E-state index is -0.656. The van der Waals surface area contributed by atoms with Crippen LogP contribution in [0.5, 0.6) is 0 Å². The molecule has 0 fully saturated rings. The third kappa shape index (κ3) is 4.62. The summed E-state index contributed by atoms with van der Waals surface area (Å²) >= 11 is 1.52. The number of carbonyl (C=O) groups is 2. The average Bonchev–Trinajstić information content (AvgIpc) is 3.20. The molecule has 2 rings (SSSR count). The zero-order chi connectivity index (χ0) is 16.8. The van der Waals surface area contributed by atoms with Crippen molar-refractivity contribution in [3.05, 3.63) is 23.4 Å². The molecular formula is C15H19N3O4S. The number of amides is 1. The Bertz CT molecular complexity index is 651. The zero-order valence-corrected chi connectivity index (χ0v) is 14.1. The molecule has 0 aliphatic heterocycles. The fourth-order valence-electron chi connectivity index (χ4n) is 1.95. The zero-order valence-electron chi connectivity index (χ0n) is 13.2. The number of rotatable bonds is 7. The van der Waals surface area contributed by atoms with Crippen molar-refractivity contribution in [2.24, 2.45) is 5.92 Å². The Labute approximate surface area is 138 Å². The fraction of sp³-hybridized carbons (Fsp3) is 0.467. The summed E-state index contributed by atoms with van der Waals surface area (Å²) in [4.78, 5) is 28.8. The van der Waals surface area contributed by atoms with E-state index >= 15 is 0 Å². The molecule has 1 atom stereocenters. The number of hydrogen-bond donors (Lipinski definition) is 1. The summed E-state index contributed by atoms with van der Waals surface area (Å²) in [6.45, 7) is 3.68. The Morgan fingerprint density at radius 2 is 2.22 bits per heavy atom. The highest BCUT2D eigenvalue weighted by molar-refractivity contribution is 7.13. The van der Waals surface area contributed by atoms with E-state index in [1.165, 1.54) is 18.4 Å². The monoisotopic (exact) mass is 337 g/mol. The number of thiophene rings is 1. The Morgan fingerprint density at radius 3 is 2.83 bits per heavy atom. The normalized spacial score (nSPS) is 12.2. The van der Waals surface area contributed by atoms with Crippen LogP contribution in [0.25, 0.3) is 10.7 Å². The van der Waals surface area contributed by atoms with Gasteiger partial charge in [0, 0.05) is 12.8 Å². The fourth-order valence-corrected chi connectivity index (χ4v) is 2.60. The lowest BCUT2D eigenvalue weighted by Gasteiger charge is -2.19. The molecule has 8 heteroatoms. The van der Waals surface area contributed by atoms with Crippen LogP contribution in [0.4, 0.5) is 0 Å².